The second kappa shape index (κ2) is 18.0. The zero-order chi connectivity index (χ0) is 48.1. The molecule has 0 spiro atoms. The van der Waals surface area contributed by atoms with E-state index in [0.717, 1.165) is 69.8 Å². The van der Waals surface area contributed by atoms with E-state index in [1.807, 2.05) is 6.07 Å². The van der Waals surface area contributed by atoms with Crippen molar-refractivity contribution in [1.82, 2.24) is 0 Å². The van der Waals surface area contributed by atoms with E-state index in [4.69, 9.17) is 15.6 Å². The molecule has 65 heavy (non-hydrogen) atoms. The first kappa shape index (κ1) is 49.5. The first-order valence-electron chi connectivity index (χ1n) is 23.3. The molecule has 2 atom stereocenters. The lowest BCUT2D eigenvalue weighted by Gasteiger charge is -2.45. The molecule has 1 heterocycles. The Labute approximate surface area is 393 Å². The highest BCUT2D eigenvalue weighted by Gasteiger charge is 2.44. The van der Waals surface area contributed by atoms with Crippen molar-refractivity contribution >= 4 is 63.1 Å². The highest BCUT2D eigenvalue weighted by Crippen LogP contribution is 2.53. The van der Waals surface area contributed by atoms with Crippen LogP contribution in [0.1, 0.15) is 136 Å². The zero-order valence-electron chi connectivity index (χ0n) is 42.1. The molecular weight excluding hydrogens is 837 g/mol. The molecule has 1 saturated carbocycles. The topological polar surface area (TPSA) is 69.8 Å². The lowest BCUT2D eigenvalue weighted by Crippen LogP contribution is -2.52. The average Bonchev–Trinajstić information content (AvgIpc) is 3.80. The summed E-state index contributed by atoms with van der Waals surface area (Å²) >= 11 is 0. The van der Waals surface area contributed by atoms with Gasteiger partial charge >= 0.3 is 5.97 Å². The second-order valence-electron chi connectivity index (χ2n) is 23.1. The van der Waals surface area contributed by atoms with Gasteiger partial charge < -0.3 is 19.1 Å². The smallest absolute Gasteiger partial charge is 0.333 e. The molecule has 0 aromatic heterocycles. The Kier molecular flexibility index (Phi) is 13.7. The number of anilines is 4. The quantitative estimate of drug-likeness (QED) is 0.0499. The van der Waals surface area contributed by atoms with E-state index < -0.39 is 22.6 Å². The van der Waals surface area contributed by atoms with Gasteiger partial charge in [0.1, 0.15) is 0 Å². The largest absolute Gasteiger partial charge is 0.486 e. The molecule has 0 bridgehead atoms. The van der Waals surface area contributed by atoms with Crippen molar-refractivity contribution in [1.29, 1.82) is 0 Å². The molecule has 346 valence electrons. The summed E-state index contributed by atoms with van der Waals surface area (Å²) in [6, 6.07) is 33.0. The predicted molar refractivity (Wildman–Crippen MR) is 279 cm³/mol. The Morgan fingerprint density at radius 3 is 1.55 bits per heavy atom. The first-order chi connectivity index (χ1) is 30.0. The van der Waals surface area contributed by atoms with E-state index in [9.17, 15) is 9.90 Å². The summed E-state index contributed by atoms with van der Waals surface area (Å²) in [6.07, 6.45) is 7.09. The predicted octanol–water partition coefficient (Wildman–Crippen LogP) is 15.5. The number of hydroxylamine groups is 2. The van der Waals surface area contributed by atoms with E-state index in [0.29, 0.717) is 12.0 Å². The second-order valence-corrected chi connectivity index (χ2v) is 32.5. The van der Waals surface area contributed by atoms with Crippen LogP contribution in [0.15, 0.2) is 96.7 Å². The van der Waals surface area contributed by atoms with Gasteiger partial charge in [0, 0.05) is 23.3 Å². The van der Waals surface area contributed by atoms with Gasteiger partial charge in [-0.1, -0.05) is 96.5 Å². The Morgan fingerprint density at radius 1 is 0.677 bits per heavy atom. The molecule has 6 rings (SSSR count). The molecule has 0 radical (unpaired) electrons. The first-order valence-corrected chi connectivity index (χ1v) is 29.1. The fraction of sp³-hybridized carbons (Fsp3) is 0.455. The van der Waals surface area contributed by atoms with Crippen LogP contribution in [0.2, 0.25) is 36.3 Å². The van der Waals surface area contributed by atoms with Gasteiger partial charge in [0.2, 0.25) is 16.6 Å². The number of hydrogen-bond acceptors (Lipinski definition) is 6. The standard InChI is InChI=1S/C55H74N4O4Si2/c1-52(2,3)58(62-64(14,15)54(7,8)9)43-30-24-40(25-31-43)46(41-26-32-44(33-27-41)59(53(4,5)6)63-65(16,17)55(10,11)12)35-38-21-28-42(29-22-38)57-49-20-18-19-45(49)47-36-39(23-34-50(47)57)37-48(56-13)51(60)61/h21-37,45,49H,18-20H2,1-12,14-17H3,(H,60,61)/b48-37-. The lowest BCUT2D eigenvalue weighted by molar-refractivity contribution is -0.132. The van der Waals surface area contributed by atoms with E-state index in [2.05, 4.69) is 220 Å². The van der Waals surface area contributed by atoms with Gasteiger partial charge in [0.15, 0.2) is 0 Å². The summed E-state index contributed by atoms with van der Waals surface area (Å²) in [5.41, 5.74) is 9.96. The number of hydrogen-bond donors (Lipinski definition) is 1. The van der Waals surface area contributed by atoms with Crippen LogP contribution in [-0.4, -0.2) is 44.8 Å². The number of aliphatic carboxylic acids is 1. The van der Waals surface area contributed by atoms with E-state index in [-0.39, 0.29) is 26.9 Å². The maximum Gasteiger partial charge on any atom is 0.333 e. The van der Waals surface area contributed by atoms with Gasteiger partial charge in [-0.25, -0.2) is 4.85 Å². The highest BCUT2D eigenvalue weighted by molar-refractivity contribution is 6.74. The SMILES string of the molecule is [C-]#[N+]/C(=C\c1ccc2c(c1)C1CCCC1N2c1ccc(C=C(c2ccc(N(O[Si](C)(C)C(C)(C)C)C(C)(C)C)cc2)c2ccc(N(O[Si](C)(C)C(C)(C)C)C(C)(C)C)cc2)cc1)C(=O)O. The summed E-state index contributed by atoms with van der Waals surface area (Å²) in [7, 11) is -4.28. The van der Waals surface area contributed by atoms with E-state index >= 15 is 0 Å². The summed E-state index contributed by atoms with van der Waals surface area (Å²) < 4.78 is 14.0. The number of benzene rings is 4. The van der Waals surface area contributed by atoms with Crippen LogP contribution >= 0.6 is 0 Å². The van der Waals surface area contributed by atoms with Crippen LogP contribution in [0.5, 0.6) is 0 Å². The molecule has 4 aromatic carbocycles. The third kappa shape index (κ3) is 10.7. The minimum atomic E-state index is -2.14. The van der Waals surface area contributed by atoms with Crippen LogP contribution in [0.4, 0.5) is 22.7 Å². The molecular formula is C55H74N4O4Si2. The molecule has 10 heteroatoms. The molecule has 4 aromatic rings. The van der Waals surface area contributed by atoms with Crippen molar-refractivity contribution in [2.45, 2.75) is 162 Å². The number of carboxylic acids is 1. The Morgan fingerprint density at radius 2 is 1.14 bits per heavy atom. The van der Waals surface area contributed by atoms with Crippen LogP contribution in [0, 0.1) is 6.57 Å². The van der Waals surface area contributed by atoms with Gasteiger partial charge in [0.05, 0.1) is 29.0 Å². The van der Waals surface area contributed by atoms with Crippen LogP contribution in [-0.2, 0) is 13.8 Å². The van der Waals surface area contributed by atoms with Crippen molar-refractivity contribution in [2.75, 3.05) is 15.0 Å². The van der Waals surface area contributed by atoms with Crippen LogP contribution in [0.3, 0.4) is 0 Å². The van der Waals surface area contributed by atoms with Gasteiger partial charge in [-0.15, -0.1) is 0 Å². The fourth-order valence-corrected chi connectivity index (χ4v) is 10.5. The molecule has 0 amide bonds. The molecule has 0 saturated heterocycles. The minimum Gasteiger partial charge on any atom is -0.486 e. The van der Waals surface area contributed by atoms with Crippen molar-refractivity contribution < 1.29 is 19.0 Å². The lowest BCUT2D eigenvalue weighted by atomic mass is 9.94. The third-order valence-electron chi connectivity index (χ3n) is 13.9. The average molecular weight is 911 g/mol. The Balaban J connectivity index is 1.40. The maximum atomic E-state index is 11.6. The molecule has 1 aliphatic heterocycles. The number of carbonyl (C=O) groups is 1. The molecule has 1 fully saturated rings. The number of nitrogens with zero attached hydrogens (tertiary/aromatic N) is 4. The van der Waals surface area contributed by atoms with Crippen molar-refractivity contribution in [3.63, 3.8) is 0 Å². The summed E-state index contributed by atoms with van der Waals surface area (Å²) in [4.78, 5) is 17.3. The van der Waals surface area contributed by atoms with Crippen LogP contribution < -0.4 is 15.0 Å². The fourth-order valence-electron chi connectivity index (χ4n) is 8.27. The van der Waals surface area contributed by atoms with Crippen molar-refractivity contribution in [2.24, 2.45) is 0 Å². The molecule has 1 N–H and O–H groups in total. The summed E-state index contributed by atoms with van der Waals surface area (Å²) in [5.74, 6) is -0.843. The highest BCUT2D eigenvalue weighted by atomic mass is 28.4. The van der Waals surface area contributed by atoms with Gasteiger partial charge in [-0.3, -0.25) is 14.9 Å². The monoisotopic (exact) mass is 911 g/mol. The number of fused-ring (bicyclic) bond motifs is 3. The Bertz CT molecular complexity index is 2360. The van der Waals surface area contributed by atoms with Crippen molar-refractivity contribution in [3.8, 4) is 0 Å². The maximum absolute atomic E-state index is 11.6. The van der Waals surface area contributed by atoms with Crippen LogP contribution in [0.25, 0.3) is 22.6 Å². The Hall–Kier alpha value is -4.93. The van der Waals surface area contributed by atoms with E-state index in [1.54, 1.807) is 0 Å². The van der Waals surface area contributed by atoms with Gasteiger partial charge in [-0.2, -0.15) is 0 Å². The number of rotatable bonds is 12. The van der Waals surface area contributed by atoms with E-state index in [1.165, 1.54) is 11.6 Å². The van der Waals surface area contributed by atoms with Crippen molar-refractivity contribution in [3.05, 3.63) is 136 Å². The molecule has 1 aliphatic carbocycles. The van der Waals surface area contributed by atoms with Gasteiger partial charge in [0.25, 0.3) is 5.70 Å². The normalized spacial score (nSPS) is 17.0. The third-order valence-corrected chi connectivity index (χ3v) is 22.4. The molecule has 8 nitrogen and oxygen atoms in total. The number of carboxylic acid groups (broad SMARTS) is 1. The summed E-state index contributed by atoms with van der Waals surface area (Å²) in [6.45, 7) is 43.4. The minimum absolute atomic E-state index is 0.0533. The zero-order valence-corrected chi connectivity index (χ0v) is 44.1. The summed E-state index contributed by atoms with van der Waals surface area (Å²) in [5, 5.41) is 13.9. The molecule has 2 unspecified atom stereocenters. The van der Waals surface area contributed by atoms with Gasteiger partial charge in [-0.05, 0) is 179 Å². The molecule has 2 aliphatic rings.